The molecule has 0 bridgehead atoms. The molecule has 0 aliphatic rings. The zero-order valence-electron chi connectivity index (χ0n) is 12.4. The first-order chi connectivity index (χ1) is 11.8. The normalized spacial score (nSPS) is 10.8. The highest BCUT2D eigenvalue weighted by molar-refractivity contribution is 7.13. The van der Waals surface area contributed by atoms with Gasteiger partial charge in [0, 0.05) is 28.8 Å². The number of carbonyl (C=O) groups is 1. The van der Waals surface area contributed by atoms with Crippen LogP contribution in [0, 0.1) is 0 Å². The van der Waals surface area contributed by atoms with Gasteiger partial charge in [-0.05, 0) is 24.3 Å². The molecular formula is C16H12N6OS. The zero-order valence-corrected chi connectivity index (χ0v) is 13.2. The van der Waals surface area contributed by atoms with Crippen LogP contribution in [-0.2, 0) is 11.2 Å². The number of H-pyrrole nitrogens is 1. The molecule has 2 N–H and O–H groups in total. The lowest BCUT2D eigenvalue weighted by Gasteiger charge is -2.04. The molecule has 1 aromatic carbocycles. The van der Waals surface area contributed by atoms with Crippen LogP contribution in [-0.4, -0.2) is 31.1 Å². The van der Waals surface area contributed by atoms with Crippen LogP contribution < -0.4 is 5.32 Å². The lowest BCUT2D eigenvalue weighted by atomic mass is 10.2. The topological polar surface area (TPSA) is 96.4 Å². The van der Waals surface area contributed by atoms with Crippen molar-refractivity contribution in [2.24, 2.45) is 0 Å². The van der Waals surface area contributed by atoms with E-state index < -0.39 is 0 Å². The molecule has 0 saturated heterocycles. The lowest BCUT2D eigenvalue weighted by molar-refractivity contribution is -0.115. The molecule has 0 unspecified atom stereocenters. The summed E-state index contributed by atoms with van der Waals surface area (Å²) < 4.78 is 0. The van der Waals surface area contributed by atoms with Crippen LogP contribution in [0.1, 0.15) is 5.69 Å². The zero-order chi connectivity index (χ0) is 16.4. The van der Waals surface area contributed by atoms with Gasteiger partial charge in [-0.2, -0.15) is 5.10 Å². The van der Waals surface area contributed by atoms with Crippen LogP contribution in [0.25, 0.3) is 21.7 Å². The molecule has 0 radical (unpaired) electrons. The standard InChI is InChI=1S/C16H12N6OS/c23-14(20-11-3-2-10-8-19-22-13(10)6-11)7-12-9-24-16(21-12)15-17-4-1-5-18-15/h1-6,8-9H,7H2,(H,19,22)(H,20,23). The molecule has 0 aliphatic carbocycles. The second-order valence-corrected chi connectivity index (χ2v) is 5.97. The molecule has 0 atom stereocenters. The van der Waals surface area contributed by atoms with Gasteiger partial charge in [-0.15, -0.1) is 11.3 Å². The minimum Gasteiger partial charge on any atom is -0.326 e. The first kappa shape index (κ1) is 14.5. The Hall–Kier alpha value is -3.13. The largest absolute Gasteiger partial charge is 0.326 e. The van der Waals surface area contributed by atoms with Gasteiger partial charge in [0.2, 0.25) is 5.91 Å². The second kappa shape index (κ2) is 6.17. The maximum Gasteiger partial charge on any atom is 0.230 e. The molecule has 0 aliphatic heterocycles. The number of aromatic nitrogens is 5. The first-order valence-corrected chi connectivity index (χ1v) is 8.11. The summed E-state index contributed by atoms with van der Waals surface area (Å²) in [6.45, 7) is 0. The Balaban J connectivity index is 1.45. The number of rotatable bonds is 4. The third kappa shape index (κ3) is 2.99. The van der Waals surface area contributed by atoms with Crippen LogP contribution in [0.4, 0.5) is 5.69 Å². The fourth-order valence-corrected chi connectivity index (χ4v) is 3.05. The predicted molar refractivity (Wildman–Crippen MR) is 91.6 cm³/mol. The van der Waals surface area contributed by atoms with Gasteiger partial charge >= 0.3 is 0 Å². The van der Waals surface area contributed by atoms with Crippen LogP contribution in [0.5, 0.6) is 0 Å². The molecular weight excluding hydrogens is 324 g/mol. The number of hydrogen-bond acceptors (Lipinski definition) is 6. The average molecular weight is 336 g/mol. The summed E-state index contributed by atoms with van der Waals surface area (Å²) in [5.74, 6) is 0.443. The Kier molecular flexibility index (Phi) is 3.72. The number of anilines is 1. The predicted octanol–water partition coefficient (Wildman–Crippen LogP) is 2.66. The van der Waals surface area contributed by atoms with Gasteiger partial charge in [0.15, 0.2) is 10.8 Å². The highest BCUT2D eigenvalue weighted by Crippen LogP contribution is 2.20. The van der Waals surface area contributed by atoms with Crippen molar-refractivity contribution in [1.29, 1.82) is 0 Å². The van der Waals surface area contributed by atoms with Crippen molar-refractivity contribution >= 4 is 33.8 Å². The molecule has 0 saturated carbocycles. The minimum absolute atomic E-state index is 0.125. The van der Waals surface area contributed by atoms with Crippen LogP contribution >= 0.6 is 11.3 Å². The summed E-state index contributed by atoms with van der Waals surface area (Å²) in [6.07, 6.45) is 5.27. The van der Waals surface area contributed by atoms with Crippen molar-refractivity contribution < 1.29 is 4.79 Å². The summed E-state index contributed by atoms with van der Waals surface area (Å²) in [7, 11) is 0. The van der Waals surface area contributed by atoms with Gasteiger partial charge in [0.1, 0.15) is 0 Å². The molecule has 8 heteroatoms. The van der Waals surface area contributed by atoms with E-state index in [4.69, 9.17) is 0 Å². The molecule has 0 spiro atoms. The molecule has 4 rings (SSSR count). The summed E-state index contributed by atoms with van der Waals surface area (Å²) in [4.78, 5) is 24.9. The fraction of sp³-hybridized carbons (Fsp3) is 0.0625. The number of carbonyl (C=O) groups excluding carboxylic acids is 1. The highest BCUT2D eigenvalue weighted by atomic mass is 32.1. The fourth-order valence-electron chi connectivity index (χ4n) is 2.28. The van der Waals surface area contributed by atoms with E-state index >= 15 is 0 Å². The van der Waals surface area contributed by atoms with Crippen molar-refractivity contribution in [2.75, 3.05) is 5.32 Å². The van der Waals surface area contributed by atoms with Gasteiger partial charge in [0.05, 0.1) is 23.8 Å². The van der Waals surface area contributed by atoms with Crippen LogP contribution in [0.2, 0.25) is 0 Å². The summed E-state index contributed by atoms with van der Waals surface area (Å²) >= 11 is 1.42. The first-order valence-electron chi connectivity index (χ1n) is 7.23. The molecule has 7 nitrogen and oxygen atoms in total. The molecule has 24 heavy (non-hydrogen) atoms. The van der Waals surface area contributed by atoms with Crippen LogP contribution in [0.3, 0.4) is 0 Å². The van der Waals surface area contributed by atoms with Gasteiger partial charge in [0.25, 0.3) is 0 Å². The number of amides is 1. The quantitative estimate of drug-likeness (QED) is 0.597. The third-order valence-electron chi connectivity index (χ3n) is 3.38. The molecule has 1 amide bonds. The van der Waals surface area contributed by atoms with Gasteiger partial charge < -0.3 is 5.32 Å². The monoisotopic (exact) mass is 336 g/mol. The van der Waals surface area contributed by atoms with Crippen LogP contribution in [0.15, 0.2) is 48.2 Å². The molecule has 118 valence electrons. The Morgan fingerprint density at radius 3 is 3.00 bits per heavy atom. The summed E-state index contributed by atoms with van der Waals surface area (Å²) in [5, 5.41) is 13.3. The summed E-state index contributed by atoms with van der Waals surface area (Å²) in [6, 6.07) is 7.36. The van der Waals surface area contributed by atoms with E-state index in [1.54, 1.807) is 24.7 Å². The minimum atomic E-state index is -0.125. The number of thiazole rings is 1. The Bertz CT molecular complexity index is 994. The summed E-state index contributed by atoms with van der Waals surface area (Å²) in [5.41, 5.74) is 2.30. The molecule has 4 aromatic rings. The third-order valence-corrected chi connectivity index (χ3v) is 4.26. The van der Waals surface area contributed by atoms with Gasteiger partial charge in [-0.3, -0.25) is 9.89 Å². The maximum atomic E-state index is 12.2. The van der Waals surface area contributed by atoms with Gasteiger partial charge in [-0.25, -0.2) is 15.0 Å². The highest BCUT2D eigenvalue weighted by Gasteiger charge is 2.11. The Labute approximate surface area is 140 Å². The number of nitrogens with one attached hydrogen (secondary N) is 2. The lowest BCUT2D eigenvalue weighted by Crippen LogP contribution is -2.14. The van der Waals surface area contributed by atoms with Crippen molar-refractivity contribution in [3.05, 3.63) is 53.9 Å². The van der Waals surface area contributed by atoms with E-state index in [0.717, 1.165) is 16.6 Å². The van der Waals surface area contributed by atoms with Crippen molar-refractivity contribution in [3.8, 4) is 10.8 Å². The van der Waals surface area contributed by atoms with E-state index in [-0.39, 0.29) is 12.3 Å². The van der Waals surface area contributed by atoms with E-state index in [1.807, 2.05) is 23.6 Å². The SMILES string of the molecule is O=C(Cc1csc(-c2ncccn2)n1)Nc1ccc2cn[nH]c2c1. The number of hydrogen-bond donors (Lipinski definition) is 2. The molecule has 3 aromatic heterocycles. The van der Waals surface area contributed by atoms with Gasteiger partial charge in [-0.1, -0.05) is 0 Å². The Morgan fingerprint density at radius 1 is 1.25 bits per heavy atom. The Morgan fingerprint density at radius 2 is 2.12 bits per heavy atom. The smallest absolute Gasteiger partial charge is 0.230 e. The molecule has 3 heterocycles. The molecule has 0 fully saturated rings. The van der Waals surface area contributed by atoms with E-state index in [0.29, 0.717) is 16.5 Å². The van der Waals surface area contributed by atoms with Crippen molar-refractivity contribution in [2.45, 2.75) is 6.42 Å². The number of benzene rings is 1. The second-order valence-electron chi connectivity index (χ2n) is 5.11. The number of aromatic amines is 1. The van der Waals surface area contributed by atoms with Crippen molar-refractivity contribution in [3.63, 3.8) is 0 Å². The average Bonchev–Trinajstić information content (AvgIpc) is 3.24. The van der Waals surface area contributed by atoms with E-state index in [9.17, 15) is 4.79 Å². The van der Waals surface area contributed by atoms with E-state index in [1.165, 1.54) is 11.3 Å². The maximum absolute atomic E-state index is 12.2. The van der Waals surface area contributed by atoms with Crippen molar-refractivity contribution in [1.82, 2.24) is 25.1 Å². The number of fused-ring (bicyclic) bond motifs is 1. The van der Waals surface area contributed by atoms with E-state index in [2.05, 4.69) is 30.5 Å². The number of nitrogens with zero attached hydrogens (tertiary/aromatic N) is 4.